The van der Waals surface area contributed by atoms with Crippen LogP contribution in [0.2, 0.25) is 0 Å². The van der Waals surface area contributed by atoms with Crippen molar-refractivity contribution in [2.45, 2.75) is 19.8 Å². The fourth-order valence-electron chi connectivity index (χ4n) is 1.41. The van der Waals surface area contributed by atoms with Crippen LogP contribution in [0.15, 0.2) is 12.1 Å². The first-order valence-corrected chi connectivity index (χ1v) is 4.40. The van der Waals surface area contributed by atoms with Crippen LogP contribution in [-0.2, 0) is 6.42 Å². The number of aryl methyl sites for hydroxylation is 1. The van der Waals surface area contributed by atoms with E-state index in [1.165, 1.54) is 13.0 Å². The molecule has 6 heteroatoms. The largest absolute Gasteiger partial charge is 0.272 e. The first-order valence-electron chi connectivity index (χ1n) is 4.40. The van der Waals surface area contributed by atoms with Gasteiger partial charge in [0.1, 0.15) is 0 Å². The minimum absolute atomic E-state index is 0.139. The van der Waals surface area contributed by atoms with Crippen LogP contribution >= 0.6 is 0 Å². The van der Waals surface area contributed by atoms with Crippen LogP contribution < -0.4 is 0 Å². The maximum Gasteiger partial charge on any atom is 0.272 e. The van der Waals surface area contributed by atoms with Crippen molar-refractivity contribution in [3.8, 4) is 6.07 Å². The molecule has 0 aromatic heterocycles. The zero-order valence-corrected chi connectivity index (χ0v) is 8.41. The lowest BCUT2D eigenvalue weighted by atomic mass is 10.0. The molecule has 0 fully saturated rings. The summed E-state index contributed by atoms with van der Waals surface area (Å²) in [4.78, 5) is 9.85. The van der Waals surface area contributed by atoms with Crippen molar-refractivity contribution in [3.63, 3.8) is 0 Å². The Hall–Kier alpha value is -2.03. The highest BCUT2D eigenvalue weighted by Gasteiger charge is 2.20. The third-order valence-electron chi connectivity index (χ3n) is 2.16. The lowest BCUT2D eigenvalue weighted by Crippen LogP contribution is -1.99. The van der Waals surface area contributed by atoms with Gasteiger partial charge in [-0.25, -0.2) is 8.78 Å². The number of alkyl halides is 2. The molecule has 0 amide bonds. The molecule has 0 heterocycles. The molecule has 0 unspecified atom stereocenters. The molecule has 0 aliphatic heterocycles. The van der Waals surface area contributed by atoms with E-state index >= 15 is 0 Å². The van der Waals surface area contributed by atoms with Crippen LogP contribution in [0.25, 0.3) is 0 Å². The number of nitro groups is 1. The molecule has 1 aromatic rings. The summed E-state index contributed by atoms with van der Waals surface area (Å²) < 4.78 is 25.2. The maximum absolute atomic E-state index is 12.6. The molecule has 0 aliphatic carbocycles. The van der Waals surface area contributed by atoms with E-state index in [1.807, 2.05) is 0 Å². The quantitative estimate of drug-likeness (QED) is 0.587. The number of rotatable bonds is 3. The number of nitrogens with zero attached hydrogens (tertiary/aromatic N) is 2. The molecule has 84 valence electrons. The molecule has 16 heavy (non-hydrogen) atoms. The van der Waals surface area contributed by atoms with Crippen molar-refractivity contribution in [2.24, 2.45) is 0 Å². The van der Waals surface area contributed by atoms with Crippen molar-refractivity contribution in [2.75, 3.05) is 0 Å². The van der Waals surface area contributed by atoms with Gasteiger partial charge in [-0.15, -0.1) is 0 Å². The fourth-order valence-corrected chi connectivity index (χ4v) is 1.41. The Kier molecular flexibility index (Phi) is 3.51. The number of halogens is 2. The molecule has 4 nitrogen and oxygen atoms in total. The molecular weight excluding hydrogens is 218 g/mol. The summed E-state index contributed by atoms with van der Waals surface area (Å²) in [5.41, 5.74) is -0.379. The van der Waals surface area contributed by atoms with Gasteiger partial charge in [-0.3, -0.25) is 10.1 Å². The molecule has 0 bridgehead atoms. The average molecular weight is 226 g/mol. The predicted octanol–water partition coefficient (Wildman–Crippen LogP) is 2.91. The van der Waals surface area contributed by atoms with E-state index in [0.29, 0.717) is 0 Å². The SMILES string of the molecule is Cc1cc(CC#N)c(C(F)F)cc1[N+](=O)[O-]. The lowest BCUT2D eigenvalue weighted by Gasteiger charge is -2.07. The van der Waals surface area contributed by atoms with E-state index in [-0.39, 0.29) is 23.2 Å². The fraction of sp³-hybridized carbons (Fsp3) is 0.300. The average Bonchev–Trinajstić information content (AvgIpc) is 2.17. The second-order valence-electron chi connectivity index (χ2n) is 3.23. The van der Waals surface area contributed by atoms with Crippen molar-refractivity contribution in [1.82, 2.24) is 0 Å². The molecule has 0 N–H and O–H groups in total. The van der Waals surface area contributed by atoms with E-state index in [1.54, 1.807) is 6.07 Å². The smallest absolute Gasteiger partial charge is 0.258 e. The Bertz CT molecular complexity index is 467. The summed E-state index contributed by atoms with van der Waals surface area (Å²) in [5.74, 6) is 0. The van der Waals surface area contributed by atoms with E-state index in [9.17, 15) is 18.9 Å². The van der Waals surface area contributed by atoms with Crippen LogP contribution in [0, 0.1) is 28.4 Å². The Morgan fingerprint density at radius 3 is 2.62 bits per heavy atom. The third kappa shape index (κ3) is 2.31. The summed E-state index contributed by atoms with van der Waals surface area (Å²) in [6.07, 6.45) is -3.00. The molecule has 0 spiro atoms. The highest BCUT2D eigenvalue weighted by Crippen LogP contribution is 2.30. The Morgan fingerprint density at radius 1 is 1.56 bits per heavy atom. The highest BCUT2D eigenvalue weighted by atomic mass is 19.3. The van der Waals surface area contributed by atoms with Gasteiger partial charge in [0, 0.05) is 17.2 Å². The molecule has 0 saturated heterocycles. The van der Waals surface area contributed by atoms with Crippen LogP contribution in [0.3, 0.4) is 0 Å². The molecule has 0 radical (unpaired) electrons. The van der Waals surface area contributed by atoms with Crippen LogP contribution in [0.1, 0.15) is 23.1 Å². The summed E-state index contributed by atoms with van der Waals surface area (Å²) in [6, 6.07) is 3.86. The predicted molar refractivity (Wildman–Crippen MR) is 52.1 cm³/mol. The number of benzene rings is 1. The summed E-state index contributed by atoms with van der Waals surface area (Å²) >= 11 is 0. The number of nitro benzene ring substituents is 1. The normalized spacial score (nSPS) is 10.2. The van der Waals surface area contributed by atoms with Gasteiger partial charge < -0.3 is 0 Å². The van der Waals surface area contributed by atoms with Crippen LogP contribution in [-0.4, -0.2) is 4.92 Å². The Balaban J connectivity index is 3.38. The minimum atomic E-state index is -2.82. The van der Waals surface area contributed by atoms with Gasteiger partial charge in [-0.1, -0.05) is 0 Å². The van der Waals surface area contributed by atoms with E-state index in [0.717, 1.165) is 6.07 Å². The number of nitriles is 1. The lowest BCUT2D eigenvalue weighted by molar-refractivity contribution is -0.385. The van der Waals surface area contributed by atoms with Gasteiger partial charge in [0.05, 0.1) is 17.4 Å². The van der Waals surface area contributed by atoms with Gasteiger partial charge >= 0.3 is 0 Å². The van der Waals surface area contributed by atoms with E-state index in [2.05, 4.69) is 0 Å². The first kappa shape index (κ1) is 12.0. The molecule has 0 atom stereocenters. The maximum atomic E-state index is 12.6. The standard InChI is InChI=1S/C10H8F2N2O2/c1-6-4-7(2-3-13)8(10(11)12)5-9(6)14(15)16/h4-5,10H,2H2,1H3. The van der Waals surface area contributed by atoms with Crippen LogP contribution in [0.5, 0.6) is 0 Å². The summed E-state index contributed by atoms with van der Waals surface area (Å²) in [7, 11) is 0. The Labute approximate surface area is 90.3 Å². The topological polar surface area (TPSA) is 66.9 Å². The van der Waals surface area contributed by atoms with E-state index < -0.39 is 16.9 Å². The first-order chi connectivity index (χ1) is 7.47. The van der Waals surface area contributed by atoms with Crippen LogP contribution in [0.4, 0.5) is 14.5 Å². The van der Waals surface area contributed by atoms with Gasteiger partial charge in [0.25, 0.3) is 12.1 Å². The molecular formula is C10H8F2N2O2. The molecule has 1 aromatic carbocycles. The van der Waals surface area contributed by atoms with Crippen molar-refractivity contribution >= 4 is 5.69 Å². The van der Waals surface area contributed by atoms with Crippen molar-refractivity contribution < 1.29 is 13.7 Å². The van der Waals surface area contributed by atoms with Crippen molar-refractivity contribution in [1.29, 1.82) is 5.26 Å². The summed E-state index contributed by atoms with van der Waals surface area (Å²) in [5, 5.41) is 19.0. The minimum Gasteiger partial charge on any atom is -0.258 e. The van der Waals surface area contributed by atoms with Gasteiger partial charge in [-0.05, 0) is 18.6 Å². The molecule has 1 rings (SSSR count). The molecule has 0 saturated carbocycles. The van der Waals surface area contributed by atoms with E-state index in [4.69, 9.17) is 5.26 Å². The summed E-state index contributed by atoms with van der Waals surface area (Å²) in [6.45, 7) is 1.45. The van der Waals surface area contributed by atoms with Crippen molar-refractivity contribution in [3.05, 3.63) is 38.9 Å². The Morgan fingerprint density at radius 2 is 2.19 bits per heavy atom. The second kappa shape index (κ2) is 4.66. The molecule has 0 aliphatic rings. The highest BCUT2D eigenvalue weighted by molar-refractivity contribution is 5.47. The van der Waals surface area contributed by atoms with Gasteiger partial charge in [0.2, 0.25) is 0 Å². The van der Waals surface area contributed by atoms with Gasteiger partial charge in [0.15, 0.2) is 0 Å². The second-order valence-corrected chi connectivity index (χ2v) is 3.23. The third-order valence-corrected chi connectivity index (χ3v) is 2.16. The van der Waals surface area contributed by atoms with Gasteiger partial charge in [-0.2, -0.15) is 5.26 Å². The number of hydrogen-bond acceptors (Lipinski definition) is 3. The monoisotopic (exact) mass is 226 g/mol. The number of hydrogen-bond donors (Lipinski definition) is 0. The zero-order valence-electron chi connectivity index (χ0n) is 8.41. The zero-order chi connectivity index (χ0) is 12.3.